The molecule has 7 rings (SSSR count). The molecule has 3 aromatic heterocycles. The summed E-state index contributed by atoms with van der Waals surface area (Å²) in [4.78, 5) is 4.76. The summed E-state index contributed by atoms with van der Waals surface area (Å²) in [5.41, 5.74) is 11.1. The topological polar surface area (TPSA) is 44.9 Å². The van der Waals surface area contributed by atoms with Gasteiger partial charge in [-0.1, -0.05) is 92.2 Å². The maximum Gasteiger partial charge on any atom is 0.137 e. The highest BCUT2D eigenvalue weighted by Crippen LogP contribution is 2.56. The van der Waals surface area contributed by atoms with Crippen LogP contribution in [0.1, 0.15) is 103 Å². The predicted molar refractivity (Wildman–Crippen MR) is 222 cm³/mol. The fourth-order valence-corrected chi connectivity index (χ4v) is 8.85. The molecule has 6 aromatic rings. The highest BCUT2D eigenvalue weighted by Gasteiger charge is 2.46. The molecule has 3 aromatic carbocycles. The standard InChI is InChI=1S/C48H58N4O/c1-29-20-21-49-43(24-29)51-41-17-15-14-16-37(41)38-19-18-35(28-42(38)51)53-36-23-30(2)22-34(27-36)52-32(4)44(31(3)50-52)45-39(47(8,9)10)25-33(46(5,6)7)26-40(45)48(11,12)13/h14-25,27-28,33,40,45H,26H2,1-13H3/t33-,40-,45?/m0/s1. The average molecular weight is 707 g/mol. The molecule has 0 aliphatic heterocycles. The van der Waals surface area contributed by atoms with Crippen LogP contribution in [0, 0.1) is 55.8 Å². The second-order valence-electron chi connectivity index (χ2n) is 18.9. The molecule has 3 heterocycles. The zero-order valence-electron chi connectivity index (χ0n) is 34.2. The van der Waals surface area contributed by atoms with Gasteiger partial charge in [0, 0.05) is 46.3 Å². The maximum atomic E-state index is 6.72. The van der Waals surface area contributed by atoms with E-state index in [1.807, 2.05) is 12.3 Å². The van der Waals surface area contributed by atoms with E-state index in [-0.39, 0.29) is 16.2 Å². The SMILES string of the molecule is Cc1cc(Oc2ccc3c4ccccc4n(-c4cc(C)ccn4)c3c2)cc(-n2nc(C)c(C3C(C(C)(C)C)=C[C@H](C(C)(C)C)C[C@@H]3C(C)(C)C)c2C)c1. The van der Waals surface area contributed by atoms with Gasteiger partial charge >= 0.3 is 0 Å². The lowest BCUT2D eigenvalue weighted by molar-refractivity contribution is 0.120. The van der Waals surface area contributed by atoms with Crippen LogP contribution in [0.15, 0.2) is 90.6 Å². The molecule has 276 valence electrons. The molecule has 0 N–H and O–H groups in total. The summed E-state index contributed by atoms with van der Waals surface area (Å²) in [6.45, 7) is 30.4. The number of nitrogens with zero attached hydrogens (tertiary/aromatic N) is 4. The van der Waals surface area contributed by atoms with Crippen LogP contribution in [0.5, 0.6) is 11.5 Å². The Bertz CT molecular complexity index is 2370. The smallest absolute Gasteiger partial charge is 0.137 e. The summed E-state index contributed by atoms with van der Waals surface area (Å²) >= 11 is 0. The lowest BCUT2D eigenvalue weighted by atomic mass is 9.55. The second kappa shape index (κ2) is 13.0. The van der Waals surface area contributed by atoms with Gasteiger partial charge in [0.1, 0.15) is 17.3 Å². The minimum atomic E-state index is 0.0334. The zero-order chi connectivity index (χ0) is 38.2. The van der Waals surface area contributed by atoms with Gasteiger partial charge in [-0.25, -0.2) is 9.67 Å². The summed E-state index contributed by atoms with van der Waals surface area (Å²) in [5, 5.41) is 7.65. The Morgan fingerprint density at radius 3 is 2.09 bits per heavy atom. The molecule has 0 fully saturated rings. The zero-order valence-corrected chi connectivity index (χ0v) is 34.2. The van der Waals surface area contributed by atoms with Gasteiger partial charge in [-0.2, -0.15) is 5.10 Å². The summed E-state index contributed by atoms with van der Waals surface area (Å²) in [7, 11) is 0. The Morgan fingerprint density at radius 2 is 1.42 bits per heavy atom. The third-order valence-corrected chi connectivity index (χ3v) is 11.7. The van der Waals surface area contributed by atoms with Gasteiger partial charge in [0.15, 0.2) is 0 Å². The van der Waals surface area contributed by atoms with Crippen LogP contribution in [0.2, 0.25) is 0 Å². The molecule has 0 radical (unpaired) electrons. The van der Waals surface area contributed by atoms with Crippen molar-refractivity contribution in [2.24, 2.45) is 28.1 Å². The Hall–Kier alpha value is -4.64. The number of hydrogen-bond donors (Lipinski definition) is 0. The normalized spacial score (nSPS) is 18.5. The lowest BCUT2D eigenvalue weighted by Gasteiger charge is -2.49. The van der Waals surface area contributed by atoms with Gasteiger partial charge in [0.25, 0.3) is 0 Å². The van der Waals surface area contributed by atoms with Gasteiger partial charge in [0.2, 0.25) is 0 Å². The maximum absolute atomic E-state index is 6.72. The predicted octanol–water partition coefficient (Wildman–Crippen LogP) is 13.2. The van der Waals surface area contributed by atoms with Crippen LogP contribution in [0.4, 0.5) is 0 Å². The number of aryl methyl sites for hydroxylation is 3. The summed E-state index contributed by atoms with van der Waals surface area (Å²) in [5.74, 6) is 3.78. The van der Waals surface area contributed by atoms with Gasteiger partial charge in [-0.05, 0) is 116 Å². The Labute approximate surface area is 317 Å². The van der Waals surface area contributed by atoms with E-state index in [1.54, 1.807) is 5.57 Å². The first-order valence-corrected chi connectivity index (χ1v) is 19.4. The molecule has 0 saturated heterocycles. The average Bonchev–Trinajstić information content (AvgIpc) is 3.55. The molecular weight excluding hydrogens is 649 g/mol. The Morgan fingerprint density at radius 1 is 0.698 bits per heavy atom. The van der Waals surface area contributed by atoms with Crippen LogP contribution in [0.3, 0.4) is 0 Å². The van der Waals surface area contributed by atoms with Crippen molar-refractivity contribution in [3.8, 4) is 23.0 Å². The minimum Gasteiger partial charge on any atom is -0.457 e. The number of aromatic nitrogens is 4. The van der Waals surface area contributed by atoms with E-state index in [2.05, 4.69) is 172 Å². The van der Waals surface area contributed by atoms with Crippen molar-refractivity contribution in [2.75, 3.05) is 0 Å². The van der Waals surface area contributed by atoms with Crippen LogP contribution in [-0.2, 0) is 0 Å². The number of pyridine rings is 1. The molecule has 1 unspecified atom stereocenters. The highest BCUT2D eigenvalue weighted by molar-refractivity contribution is 6.09. The number of allylic oxidation sites excluding steroid dienone is 2. The summed E-state index contributed by atoms with van der Waals surface area (Å²) in [6, 6.07) is 25.6. The molecular formula is C48H58N4O. The van der Waals surface area contributed by atoms with Crippen LogP contribution >= 0.6 is 0 Å². The van der Waals surface area contributed by atoms with Gasteiger partial charge in [-0.3, -0.25) is 4.57 Å². The number of benzene rings is 3. The van der Waals surface area contributed by atoms with E-state index in [4.69, 9.17) is 14.8 Å². The fourth-order valence-electron chi connectivity index (χ4n) is 8.85. The van der Waals surface area contributed by atoms with Crippen LogP contribution in [-0.4, -0.2) is 19.3 Å². The van der Waals surface area contributed by atoms with Crippen molar-refractivity contribution in [1.29, 1.82) is 0 Å². The van der Waals surface area contributed by atoms with Crippen molar-refractivity contribution in [3.05, 3.63) is 119 Å². The lowest BCUT2D eigenvalue weighted by Crippen LogP contribution is -2.39. The largest absolute Gasteiger partial charge is 0.457 e. The third kappa shape index (κ3) is 6.84. The van der Waals surface area contributed by atoms with Crippen molar-refractivity contribution >= 4 is 21.8 Å². The molecule has 0 spiro atoms. The van der Waals surface area contributed by atoms with Crippen molar-refractivity contribution in [1.82, 2.24) is 19.3 Å². The summed E-state index contributed by atoms with van der Waals surface area (Å²) in [6.07, 6.45) is 5.70. The fraction of sp³-hybridized carbons (Fsp3) is 0.417. The first-order valence-electron chi connectivity index (χ1n) is 19.4. The molecule has 0 saturated carbocycles. The second-order valence-corrected chi connectivity index (χ2v) is 18.9. The first kappa shape index (κ1) is 36.7. The van der Waals surface area contributed by atoms with E-state index < -0.39 is 0 Å². The molecule has 53 heavy (non-hydrogen) atoms. The Kier molecular flexibility index (Phi) is 9.03. The van der Waals surface area contributed by atoms with E-state index in [1.165, 1.54) is 34.0 Å². The number of hydrogen-bond acceptors (Lipinski definition) is 3. The third-order valence-electron chi connectivity index (χ3n) is 11.7. The molecule has 1 aliphatic carbocycles. The molecule has 3 atom stereocenters. The number of fused-ring (bicyclic) bond motifs is 3. The molecule has 0 bridgehead atoms. The quantitative estimate of drug-likeness (QED) is 0.168. The molecule has 0 amide bonds. The van der Waals surface area contributed by atoms with E-state index in [0.717, 1.165) is 45.3 Å². The van der Waals surface area contributed by atoms with E-state index in [9.17, 15) is 0 Å². The highest BCUT2D eigenvalue weighted by atomic mass is 16.5. The van der Waals surface area contributed by atoms with Gasteiger partial charge in [0.05, 0.1) is 22.4 Å². The van der Waals surface area contributed by atoms with Crippen LogP contribution in [0.25, 0.3) is 33.3 Å². The monoisotopic (exact) mass is 706 g/mol. The van der Waals surface area contributed by atoms with Crippen molar-refractivity contribution in [3.63, 3.8) is 0 Å². The first-order chi connectivity index (χ1) is 24.8. The van der Waals surface area contributed by atoms with Crippen LogP contribution < -0.4 is 4.74 Å². The number of rotatable bonds is 5. The van der Waals surface area contributed by atoms with E-state index >= 15 is 0 Å². The summed E-state index contributed by atoms with van der Waals surface area (Å²) < 4.78 is 11.1. The minimum absolute atomic E-state index is 0.0334. The van der Waals surface area contributed by atoms with Crippen molar-refractivity contribution in [2.45, 2.75) is 102 Å². The number of ether oxygens (including phenoxy) is 1. The van der Waals surface area contributed by atoms with Gasteiger partial charge in [-0.15, -0.1) is 0 Å². The Balaban J connectivity index is 1.30. The molecule has 5 nitrogen and oxygen atoms in total. The van der Waals surface area contributed by atoms with Gasteiger partial charge < -0.3 is 4.74 Å². The molecule has 5 heteroatoms. The number of para-hydroxylation sites is 1. The van der Waals surface area contributed by atoms with E-state index in [0.29, 0.717) is 17.8 Å². The van der Waals surface area contributed by atoms with Crippen molar-refractivity contribution < 1.29 is 4.74 Å². The molecule has 1 aliphatic rings.